The van der Waals surface area contributed by atoms with Gasteiger partial charge in [-0.3, -0.25) is 20.2 Å². The lowest BCUT2D eigenvalue weighted by Gasteiger charge is -2.27. The lowest BCUT2D eigenvalue weighted by molar-refractivity contribution is -0.394. The van der Waals surface area contributed by atoms with Crippen LogP contribution in [0.3, 0.4) is 0 Å². The van der Waals surface area contributed by atoms with Crippen LogP contribution in [-0.4, -0.2) is 22.4 Å². The predicted molar refractivity (Wildman–Crippen MR) is 116 cm³/mol. The third-order valence-electron chi connectivity index (χ3n) is 4.90. The SMILES string of the molecule is CCOC(=O)C1=C(C)OC(N)=C(C#N)C1c1ccccc1Oc1ccc([N+](=O)[O-])cc1[N+](=O)[O-]. The van der Waals surface area contributed by atoms with Gasteiger partial charge in [0.15, 0.2) is 0 Å². The van der Waals surface area contributed by atoms with Crippen molar-refractivity contribution < 1.29 is 28.9 Å². The zero-order chi connectivity index (χ0) is 25.0. The lowest BCUT2D eigenvalue weighted by atomic mass is 9.82. The minimum absolute atomic E-state index is 0.0156. The van der Waals surface area contributed by atoms with Crippen molar-refractivity contribution in [3.8, 4) is 17.6 Å². The molecule has 0 radical (unpaired) electrons. The Morgan fingerprint density at radius 3 is 2.50 bits per heavy atom. The van der Waals surface area contributed by atoms with Crippen molar-refractivity contribution >= 4 is 17.3 Å². The van der Waals surface area contributed by atoms with Gasteiger partial charge in [-0.25, -0.2) is 4.79 Å². The Labute approximate surface area is 192 Å². The van der Waals surface area contributed by atoms with Crippen LogP contribution in [0.2, 0.25) is 0 Å². The smallest absolute Gasteiger partial charge is 0.338 e. The summed E-state index contributed by atoms with van der Waals surface area (Å²) in [6.07, 6.45) is 0. The van der Waals surface area contributed by atoms with Gasteiger partial charge in [-0.05, 0) is 26.0 Å². The van der Waals surface area contributed by atoms with E-state index in [1.807, 2.05) is 6.07 Å². The molecule has 2 N–H and O–H groups in total. The topological polar surface area (TPSA) is 181 Å². The van der Waals surface area contributed by atoms with Gasteiger partial charge in [0.25, 0.3) is 5.69 Å². The fourth-order valence-corrected chi connectivity index (χ4v) is 3.44. The van der Waals surface area contributed by atoms with Crippen molar-refractivity contribution in [1.82, 2.24) is 0 Å². The molecule has 1 aliphatic rings. The summed E-state index contributed by atoms with van der Waals surface area (Å²) in [4.78, 5) is 33.7. The number of nitrogens with zero attached hydrogens (tertiary/aromatic N) is 3. The second kappa shape index (κ2) is 9.70. The highest BCUT2D eigenvalue weighted by Crippen LogP contribution is 2.45. The summed E-state index contributed by atoms with van der Waals surface area (Å²) in [5, 5.41) is 32.3. The summed E-state index contributed by atoms with van der Waals surface area (Å²) in [6.45, 7) is 3.17. The molecule has 12 heteroatoms. The quantitative estimate of drug-likeness (QED) is 0.356. The summed E-state index contributed by atoms with van der Waals surface area (Å²) in [6, 6.07) is 11.1. The van der Waals surface area contributed by atoms with Crippen molar-refractivity contribution in [2.24, 2.45) is 5.73 Å². The Kier molecular flexibility index (Phi) is 6.77. The van der Waals surface area contributed by atoms with Gasteiger partial charge in [-0.15, -0.1) is 0 Å². The van der Waals surface area contributed by atoms with Crippen LogP contribution >= 0.6 is 0 Å². The molecule has 0 fully saturated rings. The van der Waals surface area contributed by atoms with E-state index in [0.717, 1.165) is 18.2 Å². The Morgan fingerprint density at radius 1 is 1.18 bits per heavy atom. The van der Waals surface area contributed by atoms with Gasteiger partial charge in [0.05, 0.1) is 34.0 Å². The molecule has 34 heavy (non-hydrogen) atoms. The van der Waals surface area contributed by atoms with Crippen LogP contribution in [0.25, 0.3) is 0 Å². The van der Waals surface area contributed by atoms with E-state index in [0.29, 0.717) is 0 Å². The number of rotatable bonds is 7. The number of nitro groups is 2. The first-order chi connectivity index (χ1) is 16.2. The molecule has 2 aromatic rings. The molecule has 0 amide bonds. The van der Waals surface area contributed by atoms with Gasteiger partial charge in [-0.1, -0.05) is 18.2 Å². The van der Waals surface area contributed by atoms with E-state index in [9.17, 15) is 30.3 Å². The number of benzene rings is 2. The Balaban J connectivity index is 2.17. The van der Waals surface area contributed by atoms with Gasteiger partial charge < -0.3 is 19.9 Å². The molecule has 1 unspecified atom stereocenters. The molecule has 12 nitrogen and oxygen atoms in total. The van der Waals surface area contributed by atoms with Crippen molar-refractivity contribution in [3.05, 3.63) is 91.0 Å². The molecule has 1 atom stereocenters. The summed E-state index contributed by atoms with van der Waals surface area (Å²) in [5.41, 5.74) is 5.00. The maximum atomic E-state index is 12.7. The number of hydrogen-bond donors (Lipinski definition) is 1. The fraction of sp³-hybridized carbons (Fsp3) is 0.182. The number of carbonyl (C=O) groups is 1. The van der Waals surface area contributed by atoms with Gasteiger partial charge in [-0.2, -0.15) is 5.26 Å². The third kappa shape index (κ3) is 4.49. The van der Waals surface area contributed by atoms with Crippen LogP contribution < -0.4 is 10.5 Å². The van der Waals surface area contributed by atoms with E-state index in [-0.39, 0.29) is 46.5 Å². The molecular formula is C22H18N4O8. The standard InChI is InChI=1S/C22H18N4O8/c1-3-32-22(27)19-12(2)33-21(24)15(11-23)20(19)14-6-4-5-7-17(14)34-18-9-8-13(25(28)29)10-16(18)26(30)31/h4-10,20H,3,24H2,1-2H3. The van der Waals surface area contributed by atoms with Gasteiger partial charge in [0, 0.05) is 11.6 Å². The molecule has 0 saturated carbocycles. The Hall–Kier alpha value is -4.92. The van der Waals surface area contributed by atoms with Crippen molar-refractivity contribution in [2.75, 3.05) is 6.61 Å². The highest BCUT2D eigenvalue weighted by molar-refractivity contribution is 5.92. The van der Waals surface area contributed by atoms with E-state index in [2.05, 4.69) is 0 Å². The molecule has 0 bridgehead atoms. The largest absolute Gasteiger partial charge is 0.463 e. The molecule has 0 aliphatic carbocycles. The third-order valence-corrected chi connectivity index (χ3v) is 4.90. The summed E-state index contributed by atoms with van der Waals surface area (Å²) < 4.78 is 16.3. The maximum absolute atomic E-state index is 12.7. The first-order valence-corrected chi connectivity index (χ1v) is 9.84. The molecule has 0 aromatic heterocycles. The van der Waals surface area contributed by atoms with E-state index in [1.165, 1.54) is 13.0 Å². The Bertz CT molecular complexity index is 1290. The summed E-state index contributed by atoms with van der Waals surface area (Å²) in [5.74, 6) is -2.09. The number of non-ortho nitro benzene ring substituents is 1. The second-order valence-electron chi connectivity index (χ2n) is 6.92. The Morgan fingerprint density at radius 2 is 1.88 bits per heavy atom. The van der Waals surface area contributed by atoms with Gasteiger partial charge >= 0.3 is 11.7 Å². The molecule has 0 saturated heterocycles. The average molecular weight is 466 g/mol. The zero-order valence-electron chi connectivity index (χ0n) is 18.0. The van der Waals surface area contributed by atoms with Crippen LogP contribution in [0.1, 0.15) is 25.3 Å². The number of nitriles is 1. The average Bonchev–Trinajstić information content (AvgIpc) is 2.79. The van der Waals surface area contributed by atoms with Crippen molar-refractivity contribution in [1.29, 1.82) is 5.26 Å². The predicted octanol–water partition coefficient (Wildman–Crippen LogP) is 3.94. The first-order valence-electron chi connectivity index (χ1n) is 9.84. The van der Waals surface area contributed by atoms with Crippen LogP contribution in [0.15, 0.2) is 65.3 Å². The van der Waals surface area contributed by atoms with Crippen LogP contribution in [0.5, 0.6) is 11.5 Å². The molecule has 1 heterocycles. The molecular weight excluding hydrogens is 448 g/mol. The number of nitro benzene ring substituents is 2. The normalized spacial score (nSPS) is 15.3. The number of carbonyl (C=O) groups excluding carboxylic acids is 1. The summed E-state index contributed by atoms with van der Waals surface area (Å²) in [7, 11) is 0. The fourth-order valence-electron chi connectivity index (χ4n) is 3.44. The van der Waals surface area contributed by atoms with E-state index in [4.69, 9.17) is 19.9 Å². The molecule has 0 spiro atoms. The van der Waals surface area contributed by atoms with Gasteiger partial charge in [0.2, 0.25) is 11.6 Å². The first kappa shape index (κ1) is 23.7. The number of allylic oxidation sites excluding steroid dienone is 2. The molecule has 1 aliphatic heterocycles. The van der Waals surface area contributed by atoms with E-state index >= 15 is 0 Å². The minimum atomic E-state index is -1.05. The monoisotopic (exact) mass is 466 g/mol. The van der Waals surface area contributed by atoms with Crippen molar-refractivity contribution in [3.63, 3.8) is 0 Å². The number of nitrogens with two attached hydrogens (primary N) is 1. The van der Waals surface area contributed by atoms with Crippen molar-refractivity contribution in [2.45, 2.75) is 19.8 Å². The van der Waals surface area contributed by atoms with Crippen LogP contribution in [-0.2, 0) is 14.3 Å². The number of ether oxygens (including phenoxy) is 3. The molecule has 3 rings (SSSR count). The highest BCUT2D eigenvalue weighted by atomic mass is 16.6. The van der Waals surface area contributed by atoms with E-state index in [1.54, 1.807) is 25.1 Å². The number of para-hydroxylation sites is 1. The van der Waals surface area contributed by atoms with E-state index < -0.39 is 33.1 Å². The maximum Gasteiger partial charge on any atom is 0.338 e. The minimum Gasteiger partial charge on any atom is -0.463 e. The number of hydrogen-bond acceptors (Lipinski definition) is 10. The zero-order valence-corrected chi connectivity index (χ0v) is 18.0. The summed E-state index contributed by atoms with van der Waals surface area (Å²) >= 11 is 0. The van der Waals surface area contributed by atoms with Gasteiger partial charge in [0.1, 0.15) is 23.2 Å². The van der Waals surface area contributed by atoms with Crippen LogP contribution in [0, 0.1) is 31.6 Å². The molecule has 174 valence electrons. The highest BCUT2D eigenvalue weighted by Gasteiger charge is 2.38. The lowest BCUT2D eigenvalue weighted by Crippen LogP contribution is -2.25. The molecule has 2 aromatic carbocycles. The van der Waals surface area contributed by atoms with Crippen LogP contribution in [0.4, 0.5) is 11.4 Å². The second-order valence-corrected chi connectivity index (χ2v) is 6.92. The number of esters is 1.